The number of ether oxygens (including phenoxy) is 2. The van der Waals surface area contributed by atoms with Gasteiger partial charge in [-0.3, -0.25) is 9.59 Å². The van der Waals surface area contributed by atoms with Crippen LogP contribution < -0.4 is 20.2 Å². The lowest BCUT2D eigenvalue weighted by molar-refractivity contribution is -0.136. The van der Waals surface area contributed by atoms with Crippen LogP contribution in [-0.2, 0) is 9.59 Å². The van der Waals surface area contributed by atoms with Crippen molar-refractivity contribution >= 4 is 23.7 Å². The Kier molecular flexibility index (Phi) is 6.94. The second-order valence-corrected chi connectivity index (χ2v) is 7.22. The van der Waals surface area contributed by atoms with E-state index in [9.17, 15) is 9.59 Å². The average Bonchev–Trinajstić information content (AvgIpc) is 3.06. The minimum absolute atomic E-state index is 0.448. The first-order valence-electron chi connectivity index (χ1n) is 9.96. The third-order valence-corrected chi connectivity index (χ3v) is 4.95. The number of carbonyl (C=O) groups excluding carboxylic acids is 2. The normalized spacial score (nSPS) is 10.8. The number of rotatable bonds is 6. The summed E-state index contributed by atoms with van der Waals surface area (Å²) >= 11 is 0. The molecule has 0 aliphatic carbocycles. The highest BCUT2D eigenvalue weighted by Gasteiger charge is 2.15. The van der Waals surface area contributed by atoms with E-state index in [0.29, 0.717) is 11.4 Å². The molecule has 1 aromatic heterocycles. The number of nitrogens with one attached hydrogen (secondary N) is 2. The molecular weight excluding hydrogens is 408 g/mol. The first-order chi connectivity index (χ1) is 15.3. The van der Waals surface area contributed by atoms with Gasteiger partial charge in [-0.05, 0) is 56.7 Å². The molecule has 3 aromatic rings. The molecule has 2 N–H and O–H groups in total. The van der Waals surface area contributed by atoms with Gasteiger partial charge in [0.2, 0.25) is 0 Å². The Morgan fingerprint density at radius 1 is 0.969 bits per heavy atom. The lowest BCUT2D eigenvalue weighted by atomic mass is 10.2. The molecule has 1 heterocycles. The van der Waals surface area contributed by atoms with Gasteiger partial charge in [0.05, 0.1) is 26.1 Å². The van der Waals surface area contributed by atoms with Gasteiger partial charge in [0, 0.05) is 28.7 Å². The van der Waals surface area contributed by atoms with Crippen molar-refractivity contribution in [1.29, 1.82) is 0 Å². The summed E-state index contributed by atoms with van der Waals surface area (Å²) in [5.74, 6) is -0.381. The van der Waals surface area contributed by atoms with Crippen molar-refractivity contribution in [2.45, 2.75) is 20.8 Å². The lowest BCUT2D eigenvalue weighted by Gasteiger charge is -2.14. The number of aryl methyl sites for hydroxylation is 2. The minimum atomic E-state index is -0.877. The maximum absolute atomic E-state index is 12.1. The third-order valence-electron chi connectivity index (χ3n) is 4.95. The Labute approximate surface area is 186 Å². The van der Waals surface area contributed by atoms with E-state index in [2.05, 4.69) is 20.4 Å². The van der Waals surface area contributed by atoms with Gasteiger partial charge >= 0.3 is 11.8 Å². The summed E-state index contributed by atoms with van der Waals surface area (Å²) in [5.41, 5.74) is 7.45. The van der Waals surface area contributed by atoms with Gasteiger partial charge < -0.3 is 19.4 Å². The quantitative estimate of drug-likeness (QED) is 0.353. The third kappa shape index (κ3) is 4.97. The highest BCUT2D eigenvalue weighted by atomic mass is 16.5. The molecule has 8 heteroatoms. The molecule has 3 rings (SSSR count). The topological polar surface area (TPSA) is 94.0 Å². The SMILES string of the molecule is COc1cccc(NC(=O)C(=O)N/N=C\c2cc(C)n(-c3cc(C)ccc3OC)c2C)c1. The molecular formula is C24H26N4O4. The van der Waals surface area contributed by atoms with E-state index in [1.807, 2.05) is 45.0 Å². The van der Waals surface area contributed by atoms with E-state index in [0.717, 1.165) is 34.0 Å². The second-order valence-electron chi connectivity index (χ2n) is 7.22. The Hall–Kier alpha value is -4.07. The van der Waals surface area contributed by atoms with Crippen LogP contribution in [-0.4, -0.2) is 36.8 Å². The summed E-state index contributed by atoms with van der Waals surface area (Å²) < 4.78 is 12.7. The van der Waals surface area contributed by atoms with E-state index in [-0.39, 0.29) is 0 Å². The van der Waals surface area contributed by atoms with Gasteiger partial charge in [0.1, 0.15) is 11.5 Å². The minimum Gasteiger partial charge on any atom is -0.497 e. The molecule has 0 bridgehead atoms. The summed E-state index contributed by atoms with van der Waals surface area (Å²) in [5, 5.41) is 6.46. The van der Waals surface area contributed by atoms with Crippen LogP contribution in [0, 0.1) is 20.8 Å². The van der Waals surface area contributed by atoms with Crippen LogP contribution in [0.4, 0.5) is 5.69 Å². The fraction of sp³-hybridized carbons (Fsp3) is 0.208. The fourth-order valence-electron chi connectivity index (χ4n) is 3.36. The Balaban J connectivity index is 1.72. The molecule has 0 saturated carbocycles. The Bertz CT molecular complexity index is 1180. The summed E-state index contributed by atoms with van der Waals surface area (Å²) in [4.78, 5) is 24.2. The number of hydrogen-bond donors (Lipinski definition) is 2. The lowest BCUT2D eigenvalue weighted by Crippen LogP contribution is -2.32. The largest absolute Gasteiger partial charge is 0.497 e. The summed E-state index contributed by atoms with van der Waals surface area (Å²) in [6.07, 6.45) is 1.51. The predicted octanol–water partition coefficient (Wildman–Crippen LogP) is 3.51. The van der Waals surface area contributed by atoms with Crippen molar-refractivity contribution in [2.75, 3.05) is 19.5 Å². The number of methoxy groups -OCH3 is 2. The van der Waals surface area contributed by atoms with Gasteiger partial charge in [-0.2, -0.15) is 5.10 Å². The van der Waals surface area contributed by atoms with Crippen molar-refractivity contribution in [3.63, 3.8) is 0 Å². The number of amides is 2. The van der Waals surface area contributed by atoms with Crippen LogP contribution in [0.5, 0.6) is 11.5 Å². The standard InChI is InChI=1S/C24H26N4O4/c1-15-9-10-22(32-5)21(11-15)28-16(2)12-18(17(28)3)14-25-27-24(30)23(29)26-19-7-6-8-20(13-19)31-4/h6-14H,1-5H3,(H,26,29)(H,27,30)/b25-14-. The number of aromatic nitrogens is 1. The van der Waals surface area contributed by atoms with Gasteiger partial charge in [-0.25, -0.2) is 5.43 Å². The maximum atomic E-state index is 12.1. The first kappa shape index (κ1) is 22.6. The highest BCUT2D eigenvalue weighted by Crippen LogP contribution is 2.28. The number of carbonyl (C=O) groups is 2. The van der Waals surface area contributed by atoms with Crippen molar-refractivity contribution in [3.05, 3.63) is 71.0 Å². The smallest absolute Gasteiger partial charge is 0.329 e. The van der Waals surface area contributed by atoms with Crippen LogP contribution in [0.15, 0.2) is 53.6 Å². The molecule has 0 atom stereocenters. The number of nitrogens with zero attached hydrogens (tertiary/aromatic N) is 2. The molecule has 166 valence electrons. The molecule has 0 saturated heterocycles. The molecule has 2 amide bonds. The van der Waals surface area contributed by atoms with Crippen LogP contribution in [0.2, 0.25) is 0 Å². The van der Waals surface area contributed by atoms with Gasteiger partial charge in [0.25, 0.3) is 0 Å². The molecule has 0 aliphatic rings. The van der Waals surface area contributed by atoms with Gasteiger partial charge in [-0.1, -0.05) is 12.1 Å². The van der Waals surface area contributed by atoms with Gasteiger partial charge in [-0.15, -0.1) is 0 Å². The summed E-state index contributed by atoms with van der Waals surface area (Å²) in [6, 6.07) is 14.6. The zero-order valence-corrected chi connectivity index (χ0v) is 18.7. The Morgan fingerprint density at radius 2 is 1.75 bits per heavy atom. The predicted molar refractivity (Wildman–Crippen MR) is 124 cm³/mol. The monoisotopic (exact) mass is 434 g/mol. The first-order valence-corrected chi connectivity index (χ1v) is 9.96. The molecule has 0 radical (unpaired) electrons. The number of hydrazone groups is 1. The Morgan fingerprint density at radius 3 is 2.47 bits per heavy atom. The second kappa shape index (κ2) is 9.82. The molecule has 32 heavy (non-hydrogen) atoms. The van der Waals surface area contributed by atoms with Crippen molar-refractivity contribution < 1.29 is 19.1 Å². The summed E-state index contributed by atoms with van der Waals surface area (Å²) in [6.45, 7) is 5.95. The maximum Gasteiger partial charge on any atom is 0.329 e. The molecule has 0 fully saturated rings. The van der Waals surface area contributed by atoms with Crippen molar-refractivity contribution in [3.8, 4) is 17.2 Å². The fourth-order valence-corrected chi connectivity index (χ4v) is 3.36. The van der Waals surface area contributed by atoms with E-state index >= 15 is 0 Å². The summed E-state index contributed by atoms with van der Waals surface area (Å²) in [7, 11) is 3.16. The van der Waals surface area contributed by atoms with Crippen molar-refractivity contribution in [1.82, 2.24) is 9.99 Å². The van der Waals surface area contributed by atoms with Crippen molar-refractivity contribution in [2.24, 2.45) is 5.10 Å². The van der Waals surface area contributed by atoms with E-state index in [4.69, 9.17) is 9.47 Å². The molecule has 0 unspecified atom stereocenters. The molecule has 0 aliphatic heterocycles. The van der Waals surface area contributed by atoms with E-state index in [1.165, 1.54) is 13.3 Å². The molecule has 2 aromatic carbocycles. The average molecular weight is 434 g/mol. The number of hydrogen-bond acceptors (Lipinski definition) is 5. The molecule has 0 spiro atoms. The van der Waals surface area contributed by atoms with Crippen LogP contribution in [0.3, 0.4) is 0 Å². The van der Waals surface area contributed by atoms with Crippen LogP contribution in [0.25, 0.3) is 5.69 Å². The molecule has 8 nitrogen and oxygen atoms in total. The number of benzene rings is 2. The highest BCUT2D eigenvalue weighted by molar-refractivity contribution is 6.39. The van der Waals surface area contributed by atoms with Gasteiger partial charge in [0.15, 0.2) is 0 Å². The zero-order valence-electron chi connectivity index (χ0n) is 18.7. The zero-order chi connectivity index (χ0) is 23.3. The van der Waals surface area contributed by atoms with Crippen LogP contribution >= 0.6 is 0 Å². The van der Waals surface area contributed by atoms with E-state index in [1.54, 1.807) is 31.4 Å². The van der Waals surface area contributed by atoms with E-state index < -0.39 is 11.8 Å². The van der Waals surface area contributed by atoms with Crippen LogP contribution in [0.1, 0.15) is 22.5 Å². The number of anilines is 1.